The minimum absolute atomic E-state index is 0.00622. The minimum atomic E-state index is -0.462. The van der Waals surface area contributed by atoms with Gasteiger partial charge in [0.25, 0.3) is 5.69 Å². The van der Waals surface area contributed by atoms with Crippen molar-refractivity contribution in [3.63, 3.8) is 0 Å². The number of nitrogens with two attached hydrogens (primary N) is 2. The van der Waals surface area contributed by atoms with Crippen LogP contribution in [0.25, 0.3) is 11.3 Å². The van der Waals surface area contributed by atoms with Gasteiger partial charge in [0.15, 0.2) is 17.3 Å². The van der Waals surface area contributed by atoms with Gasteiger partial charge in [-0.05, 0) is 18.6 Å². The van der Waals surface area contributed by atoms with Gasteiger partial charge in [-0.3, -0.25) is 10.1 Å². The Bertz CT molecular complexity index is 938. The summed E-state index contributed by atoms with van der Waals surface area (Å²) in [4.78, 5) is 18.2. The molecule has 0 aliphatic heterocycles. The number of benzene rings is 1. The zero-order valence-corrected chi connectivity index (χ0v) is 13.9. The van der Waals surface area contributed by atoms with Gasteiger partial charge in [-0.15, -0.1) is 0 Å². The molecular weight excluding hydrogens is 340 g/mol. The maximum Gasteiger partial charge on any atom is 0.269 e. The molecule has 0 atom stereocenters. The van der Waals surface area contributed by atoms with Gasteiger partial charge in [-0.1, -0.05) is 12.1 Å². The predicted octanol–water partition coefficient (Wildman–Crippen LogP) is 2.35. The number of ether oxygens (including phenoxy) is 1. The summed E-state index contributed by atoms with van der Waals surface area (Å²) >= 11 is 0. The monoisotopic (exact) mass is 356 g/mol. The van der Waals surface area contributed by atoms with Gasteiger partial charge in [0.2, 0.25) is 5.95 Å². The molecule has 0 saturated carbocycles. The minimum Gasteiger partial charge on any atom is -0.480 e. The number of non-ortho nitro benzene ring substituents is 1. The third-order valence-corrected chi connectivity index (χ3v) is 3.61. The summed E-state index contributed by atoms with van der Waals surface area (Å²) in [5, 5.41) is 14.6. The van der Waals surface area contributed by atoms with E-state index in [0.29, 0.717) is 34.9 Å². The number of hydrogen-bond acceptors (Lipinski definition) is 9. The van der Waals surface area contributed by atoms with Crippen molar-refractivity contribution < 1.29 is 14.2 Å². The van der Waals surface area contributed by atoms with Crippen molar-refractivity contribution in [1.29, 1.82) is 0 Å². The summed E-state index contributed by atoms with van der Waals surface area (Å²) in [7, 11) is 0. The third kappa shape index (κ3) is 3.53. The summed E-state index contributed by atoms with van der Waals surface area (Å²) < 4.78 is 10.9. The van der Waals surface area contributed by atoms with E-state index in [-0.39, 0.29) is 24.1 Å². The van der Waals surface area contributed by atoms with Gasteiger partial charge in [0, 0.05) is 23.8 Å². The lowest BCUT2D eigenvalue weighted by Gasteiger charge is -2.10. The SMILES string of the molecule is CCc1nc(N)nc(N)c1OCc1cc(-c2ccc([N+](=O)[O-])cc2)no1. The maximum atomic E-state index is 10.7. The van der Waals surface area contributed by atoms with E-state index < -0.39 is 4.92 Å². The summed E-state index contributed by atoms with van der Waals surface area (Å²) in [6, 6.07) is 7.69. The largest absolute Gasteiger partial charge is 0.480 e. The highest BCUT2D eigenvalue weighted by Crippen LogP contribution is 2.27. The fourth-order valence-electron chi connectivity index (χ4n) is 2.35. The first-order chi connectivity index (χ1) is 12.5. The number of nitro benzene ring substituents is 1. The van der Waals surface area contributed by atoms with Gasteiger partial charge in [-0.25, -0.2) is 4.98 Å². The number of nitrogens with zero attached hydrogens (tertiary/aromatic N) is 4. The molecule has 0 saturated heterocycles. The lowest BCUT2D eigenvalue weighted by atomic mass is 10.1. The number of nitrogen functional groups attached to an aromatic ring is 2. The molecule has 0 fully saturated rings. The van der Waals surface area contributed by atoms with Gasteiger partial charge in [-0.2, -0.15) is 4.98 Å². The Morgan fingerprint density at radius 3 is 2.62 bits per heavy atom. The molecule has 10 heteroatoms. The molecule has 26 heavy (non-hydrogen) atoms. The van der Waals surface area contributed by atoms with Crippen LogP contribution in [0.3, 0.4) is 0 Å². The number of aromatic nitrogens is 3. The Morgan fingerprint density at radius 1 is 1.23 bits per heavy atom. The Labute approximate surface area is 147 Å². The summed E-state index contributed by atoms with van der Waals surface area (Å²) in [6.07, 6.45) is 0.580. The average Bonchev–Trinajstić information content (AvgIpc) is 3.09. The second-order valence-corrected chi connectivity index (χ2v) is 5.37. The average molecular weight is 356 g/mol. The molecule has 0 amide bonds. The quantitative estimate of drug-likeness (QED) is 0.499. The highest BCUT2D eigenvalue weighted by atomic mass is 16.6. The molecule has 134 valence electrons. The fraction of sp³-hybridized carbons (Fsp3) is 0.188. The second-order valence-electron chi connectivity index (χ2n) is 5.37. The van der Waals surface area contributed by atoms with Crippen molar-refractivity contribution in [3.8, 4) is 17.0 Å². The predicted molar refractivity (Wildman–Crippen MR) is 93.2 cm³/mol. The molecule has 4 N–H and O–H groups in total. The topological polar surface area (TPSA) is 156 Å². The number of anilines is 2. The van der Waals surface area contributed by atoms with E-state index in [9.17, 15) is 10.1 Å². The zero-order valence-electron chi connectivity index (χ0n) is 13.9. The number of nitro groups is 1. The first kappa shape index (κ1) is 17.1. The molecule has 0 aliphatic carbocycles. The molecule has 2 aromatic heterocycles. The van der Waals surface area contributed by atoms with Crippen LogP contribution in [0.4, 0.5) is 17.5 Å². The lowest BCUT2D eigenvalue weighted by Crippen LogP contribution is -2.08. The van der Waals surface area contributed by atoms with E-state index in [0.717, 1.165) is 0 Å². The summed E-state index contributed by atoms with van der Waals surface area (Å²) in [5.74, 6) is 1.06. The first-order valence-corrected chi connectivity index (χ1v) is 7.73. The van der Waals surface area contributed by atoms with E-state index >= 15 is 0 Å². The van der Waals surface area contributed by atoms with Crippen LogP contribution in [0.1, 0.15) is 18.4 Å². The van der Waals surface area contributed by atoms with Crippen LogP contribution < -0.4 is 16.2 Å². The van der Waals surface area contributed by atoms with E-state index in [1.54, 1.807) is 18.2 Å². The Kier molecular flexibility index (Phi) is 4.65. The molecule has 3 rings (SSSR count). The van der Waals surface area contributed by atoms with Gasteiger partial charge in [0.1, 0.15) is 12.3 Å². The molecule has 0 radical (unpaired) electrons. The molecule has 1 aromatic carbocycles. The molecule has 3 aromatic rings. The van der Waals surface area contributed by atoms with Crippen molar-refractivity contribution >= 4 is 17.5 Å². The fourth-order valence-corrected chi connectivity index (χ4v) is 2.35. The van der Waals surface area contributed by atoms with Crippen LogP contribution in [-0.4, -0.2) is 20.0 Å². The van der Waals surface area contributed by atoms with E-state index in [1.807, 2.05) is 6.92 Å². The smallest absolute Gasteiger partial charge is 0.269 e. The standard InChI is InChI=1S/C16H16N6O4/c1-2-12-14(15(17)20-16(18)19-12)25-8-11-7-13(21-26-11)9-3-5-10(6-4-9)22(23)24/h3-7H,2,8H2,1H3,(H4,17,18,19,20). The van der Waals surface area contributed by atoms with Crippen LogP contribution in [0.5, 0.6) is 5.75 Å². The van der Waals surface area contributed by atoms with Crippen LogP contribution in [0.15, 0.2) is 34.9 Å². The van der Waals surface area contributed by atoms with E-state index in [1.165, 1.54) is 12.1 Å². The molecular formula is C16H16N6O4. The Balaban J connectivity index is 1.74. The van der Waals surface area contributed by atoms with E-state index in [4.69, 9.17) is 20.7 Å². The molecule has 0 bridgehead atoms. The van der Waals surface area contributed by atoms with Crippen molar-refractivity contribution in [1.82, 2.24) is 15.1 Å². The van der Waals surface area contributed by atoms with Gasteiger partial charge in [0.05, 0.1) is 10.6 Å². The third-order valence-electron chi connectivity index (χ3n) is 3.61. The summed E-state index contributed by atoms with van der Waals surface area (Å²) in [6.45, 7) is 1.97. The zero-order chi connectivity index (χ0) is 18.7. The molecule has 10 nitrogen and oxygen atoms in total. The maximum absolute atomic E-state index is 10.7. The number of rotatable bonds is 6. The molecule has 0 spiro atoms. The van der Waals surface area contributed by atoms with Gasteiger partial charge >= 0.3 is 0 Å². The van der Waals surface area contributed by atoms with Crippen molar-refractivity contribution in [2.75, 3.05) is 11.5 Å². The molecule has 0 aliphatic rings. The highest BCUT2D eigenvalue weighted by Gasteiger charge is 2.14. The summed E-state index contributed by atoms with van der Waals surface area (Å²) in [5.41, 5.74) is 13.3. The number of aryl methyl sites for hydroxylation is 1. The van der Waals surface area contributed by atoms with E-state index in [2.05, 4.69) is 15.1 Å². The normalized spacial score (nSPS) is 10.7. The Morgan fingerprint density at radius 2 is 1.96 bits per heavy atom. The lowest BCUT2D eigenvalue weighted by molar-refractivity contribution is -0.384. The van der Waals surface area contributed by atoms with Crippen LogP contribution in [-0.2, 0) is 13.0 Å². The Hall–Kier alpha value is -3.69. The van der Waals surface area contributed by atoms with Crippen LogP contribution in [0.2, 0.25) is 0 Å². The van der Waals surface area contributed by atoms with Crippen LogP contribution in [0, 0.1) is 10.1 Å². The second kappa shape index (κ2) is 7.05. The van der Waals surface area contributed by atoms with Crippen LogP contribution >= 0.6 is 0 Å². The highest BCUT2D eigenvalue weighted by molar-refractivity contribution is 5.60. The molecule has 2 heterocycles. The van der Waals surface area contributed by atoms with Crippen molar-refractivity contribution in [3.05, 3.63) is 51.9 Å². The van der Waals surface area contributed by atoms with Gasteiger partial charge < -0.3 is 20.7 Å². The van der Waals surface area contributed by atoms with Crippen molar-refractivity contribution in [2.45, 2.75) is 20.0 Å². The first-order valence-electron chi connectivity index (χ1n) is 7.73. The molecule has 0 unspecified atom stereocenters. The van der Waals surface area contributed by atoms with Crippen molar-refractivity contribution in [2.24, 2.45) is 0 Å². The number of hydrogen-bond donors (Lipinski definition) is 2.